The van der Waals surface area contributed by atoms with Crippen molar-refractivity contribution in [1.29, 1.82) is 0 Å². The highest BCUT2D eigenvalue weighted by molar-refractivity contribution is 4.79. The quantitative estimate of drug-likeness (QED) is 0.750. The molecule has 1 aliphatic rings. The lowest BCUT2D eigenvalue weighted by molar-refractivity contribution is -0.0938. The second-order valence-electron chi connectivity index (χ2n) is 5.36. The second kappa shape index (κ2) is 5.28. The highest BCUT2D eigenvalue weighted by atomic mass is 16.5. The maximum absolute atomic E-state index is 10.0. The van der Waals surface area contributed by atoms with Gasteiger partial charge in [0.2, 0.25) is 0 Å². The molecule has 1 saturated carbocycles. The number of rotatable bonds is 4. The van der Waals surface area contributed by atoms with Gasteiger partial charge in [0.1, 0.15) is 0 Å². The molecule has 0 amide bonds. The fourth-order valence-corrected chi connectivity index (χ4v) is 1.71. The van der Waals surface area contributed by atoms with E-state index in [2.05, 4.69) is 0 Å². The van der Waals surface area contributed by atoms with Gasteiger partial charge in [-0.3, -0.25) is 0 Å². The molecule has 3 heteroatoms. The van der Waals surface area contributed by atoms with Gasteiger partial charge in [-0.05, 0) is 38.5 Å². The molecule has 1 unspecified atom stereocenters. The van der Waals surface area contributed by atoms with Crippen molar-refractivity contribution in [3.63, 3.8) is 0 Å². The van der Waals surface area contributed by atoms with Crippen molar-refractivity contribution in [2.45, 2.75) is 64.2 Å². The van der Waals surface area contributed by atoms with Gasteiger partial charge in [-0.2, -0.15) is 0 Å². The van der Waals surface area contributed by atoms with Crippen LogP contribution in [0.4, 0.5) is 0 Å². The van der Waals surface area contributed by atoms with Gasteiger partial charge < -0.3 is 15.6 Å². The lowest BCUT2D eigenvalue weighted by atomic mass is 9.92. The number of hydrogen-bond donors (Lipinski definition) is 2. The van der Waals surface area contributed by atoms with Crippen molar-refractivity contribution >= 4 is 0 Å². The molecule has 1 rings (SSSR count). The van der Waals surface area contributed by atoms with E-state index in [1.807, 2.05) is 20.8 Å². The minimum atomic E-state index is -0.709. The van der Waals surface area contributed by atoms with Crippen LogP contribution in [0.25, 0.3) is 0 Å². The Hall–Kier alpha value is -0.120. The summed E-state index contributed by atoms with van der Waals surface area (Å²) in [6.07, 6.45) is 4.48. The monoisotopic (exact) mass is 215 g/mol. The average Bonchev–Trinajstić information content (AvgIpc) is 2.17. The first kappa shape index (κ1) is 12.9. The molecule has 0 aromatic heterocycles. The van der Waals surface area contributed by atoms with Crippen LogP contribution in [0.2, 0.25) is 0 Å². The Kier molecular flexibility index (Phi) is 4.56. The summed E-state index contributed by atoms with van der Waals surface area (Å²) in [7, 11) is 0. The summed E-state index contributed by atoms with van der Waals surface area (Å²) in [5.74, 6) is 0.225. The standard InChI is InChI=1S/C12H25NO2/c1-9(2)12(3,14)8-15-11-6-4-10(13)5-7-11/h9-11,14H,4-8,13H2,1-3H3. The number of ether oxygens (including phenoxy) is 1. The zero-order chi connectivity index (χ0) is 11.5. The van der Waals surface area contributed by atoms with Gasteiger partial charge in [0.05, 0.1) is 18.3 Å². The van der Waals surface area contributed by atoms with Crippen molar-refractivity contribution in [3.05, 3.63) is 0 Å². The third-order valence-corrected chi connectivity index (χ3v) is 3.57. The Balaban J connectivity index is 2.25. The van der Waals surface area contributed by atoms with Gasteiger partial charge in [0.15, 0.2) is 0 Å². The van der Waals surface area contributed by atoms with E-state index in [0.717, 1.165) is 25.7 Å². The second-order valence-corrected chi connectivity index (χ2v) is 5.36. The summed E-state index contributed by atoms with van der Waals surface area (Å²) in [5, 5.41) is 10.0. The fourth-order valence-electron chi connectivity index (χ4n) is 1.71. The van der Waals surface area contributed by atoms with E-state index < -0.39 is 5.60 Å². The smallest absolute Gasteiger partial charge is 0.0875 e. The number of hydrogen-bond acceptors (Lipinski definition) is 3. The fraction of sp³-hybridized carbons (Fsp3) is 1.00. The first-order chi connectivity index (χ1) is 6.92. The van der Waals surface area contributed by atoms with Crippen molar-refractivity contribution < 1.29 is 9.84 Å². The third kappa shape index (κ3) is 4.09. The van der Waals surface area contributed by atoms with E-state index in [1.165, 1.54) is 0 Å². The third-order valence-electron chi connectivity index (χ3n) is 3.57. The van der Waals surface area contributed by atoms with Gasteiger partial charge in [0, 0.05) is 6.04 Å². The van der Waals surface area contributed by atoms with E-state index in [-0.39, 0.29) is 5.92 Å². The molecule has 15 heavy (non-hydrogen) atoms. The maximum atomic E-state index is 10.0. The molecule has 3 nitrogen and oxygen atoms in total. The topological polar surface area (TPSA) is 55.5 Å². The summed E-state index contributed by atoms with van der Waals surface area (Å²) < 4.78 is 5.75. The van der Waals surface area contributed by atoms with E-state index in [1.54, 1.807) is 0 Å². The van der Waals surface area contributed by atoms with Crippen molar-refractivity contribution in [1.82, 2.24) is 0 Å². The van der Waals surface area contributed by atoms with Crippen LogP contribution in [0.5, 0.6) is 0 Å². The van der Waals surface area contributed by atoms with Crippen LogP contribution < -0.4 is 5.73 Å². The number of aliphatic hydroxyl groups is 1. The highest BCUT2D eigenvalue weighted by Crippen LogP contribution is 2.23. The summed E-state index contributed by atoms with van der Waals surface area (Å²) in [5.41, 5.74) is 5.11. The summed E-state index contributed by atoms with van der Waals surface area (Å²) in [4.78, 5) is 0. The number of nitrogens with two attached hydrogens (primary N) is 1. The van der Waals surface area contributed by atoms with E-state index in [4.69, 9.17) is 10.5 Å². The van der Waals surface area contributed by atoms with Gasteiger partial charge >= 0.3 is 0 Å². The van der Waals surface area contributed by atoms with Crippen LogP contribution in [-0.2, 0) is 4.74 Å². The predicted molar refractivity (Wildman–Crippen MR) is 61.6 cm³/mol. The van der Waals surface area contributed by atoms with Crippen LogP contribution >= 0.6 is 0 Å². The molecule has 1 atom stereocenters. The molecule has 1 aliphatic carbocycles. The lowest BCUT2D eigenvalue weighted by Gasteiger charge is -2.32. The molecule has 0 saturated heterocycles. The molecule has 0 radical (unpaired) electrons. The minimum Gasteiger partial charge on any atom is -0.388 e. The first-order valence-corrected chi connectivity index (χ1v) is 6.01. The molecular formula is C12H25NO2. The van der Waals surface area contributed by atoms with Crippen LogP contribution in [0.1, 0.15) is 46.5 Å². The molecule has 90 valence electrons. The van der Waals surface area contributed by atoms with Crippen LogP contribution in [0.3, 0.4) is 0 Å². The Morgan fingerprint density at radius 1 is 1.33 bits per heavy atom. The highest BCUT2D eigenvalue weighted by Gasteiger charge is 2.27. The minimum absolute atomic E-state index is 0.225. The Bertz CT molecular complexity index is 184. The molecule has 0 aromatic rings. The normalized spacial score (nSPS) is 31.6. The van der Waals surface area contributed by atoms with Gasteiger partial charge in [-0.15, -0.1) is 0 Å². The molecule has 0 heterocycles. The average molecular weight is 215 g/mol. The van der Waals surface area contributed by atoms with Gasteiger partial charge in [0.25, 0.3) is 0 Å². The molecule has 3 N–H and O–H groups in total. The van der Waals surface area contributed by atoms with Gasteiger partial charge in [-0.1, -0.05) is 13.8 Å². The molecule has 0 aliphatic heterocycles. The molecule has 1 fully saturated rings. The van der Waals surface area contributed by atoms with Crippen LogP contribution in [0, 0.1) is 5.92 Å². The SMILES string of the molecule is CC(C)C(C)(O)COC1CCC(N)CC1. The Morgan fingerprint density at radius 2 is 1.87 bits per heavy atom. The molecular weight excluding hydrogens is 190 g/mol. The van der Waals surface area contributed by atoms with Crippen molar-refractivity contribution in [3.8, 4) is 0 Å². The summed E-state index contributed by atoms with van der Waals surface area (Å²) >= 11 is 0. The van der Waals surface area contributed by atoms with E-state index in [9.17, 15) is 5.11 Å². The van der Waals surface area contributed by atoms with E-state index in [0.29, 0.717) is 18.8 Å². The van der Waals surface area contributed by atoms with Crippen molar-refractivity contribution in [2.75, 3.05) is 6.61 Å². The first-order valence-electron chi connectivity index (χ1n) is 6.01. The summed E-state index contributed by atoms with van der Waals surface area (Å²) in [6, 6.07) is 0.357. The molecule has 0 bridgehead atoms. The zero-order valence-electron chi connectivity index (χ0n) is 10.2. The largest absolute Gasteiger partial charge is 0.388 e. The zero-order valence-corrected chi connectivity index (χ0v) is 10.2. The Labute approximate surface area is 93.0 Å². The van der Waals surface area contributed by atoms with E-state index >= 15 is 0 Å². The molecule has 0 aromatic carbocycles. The Morgan fingerprint density at radius 3 is 2.33 bits per heavy atom. The van der Waals surface area contributed by atoms with Gasteiger partial charge in [-0.25, -0.2) is 0 Å². The van der Waals surface area contributed by atoms with Crippen LogP contribution in [-0.4, -0.2) is 29.5 Å². The predicted octanol–water partition coefficient (Wildman–Crippen LogP) is 1.68. The lowest BCUT2D eigenvalue weighted by Crippen LogP contribution is -2.39. The maximum Gasteiger partial charge on any atom is 0.0875 e. The van der Waals surface area contributed by atoms with Crippen LogP contribution in [0.15, 0.2) is 0 Å². The van der Waals surface area contributed by atoms with Crippen molar-refractivity contribution in [2.24, 2.45) is 11.7 Å². The molecule has 0 spiro atoms. The summed E-state index contributed by atoms with van der Waals surface area (Å²) in [6.45, 7) is 6.30.